The first-order chi connectivity index (χ1) is 15.0. The van der Waals surface area contributed by atoms with Crippen molar-refractivity contribution in [2.24, 2.45) is 5.11 Å². The van der Waals surface area contributed by atoms with Gasteiger partial charge in [-0.05, 0) is 36.9 Å². The quantitative estimate of drug-likeness (QED) is 0.106. The molecule has 1 unspecified atom stereocenters. The molecule has 3 amide bonds. The maximum atomic E-state index is 12.4. The van der Waals surface area contributed by atoms with Crippen LogP contribution in [0.2, 0.25) is 0 Å². The summed E-state index contributed by atoms with van der Waals surface area (Å²) >= 11 is 0. The first kappa shape index (κ1) is 24.6. The van der Waals surface area contributed by atoms with E-state index < -0.39 is 45.9 Å². The lowest BCUT2D eigenvalue weighted by Gasteiger charge is -2.22. The van der Waals surface area contributed by atoms with Crippen LogP contribution in [0.25, 0.3) is 10.4 Å². The topological polar surface area (TPSA) is 216 Å². The number of azide groups is 1. The van der Waals surface area contributed by atoms with Crippen molar-refractivity contribution in [2.45, 2.75) is 38.1 Å². The summed E-state index contributed by atoms with van der Waals surface area (Å²) < 4.78 is 35.3. The minimum Gasteiger partial charge on any atom is -0.480 e. The molecular formula is C17H19N5O9S. The number of unbranched alkanes of at least 4 members (excludes halogenated alkanes) is 1. The van der Waals surface area contributed by atoms with E-state index >= 15 is 0 Å². The van der Waals surface area contributed by atoms with Crippen LogP contribution in [0.5, 0.6) is 5.75 Å². The molecule has 3 N–H and O–H groups in total. The molecule has 0 saturated carbocycles. The number of hydrogen-bond acceptors (Lipinski definition) is 8. The van der Waals surface area contributed by atoms with Gasteiger partial charge >= 0.3 is 16.4 Å². The lowest BCUT2D eigenvalue weighted by atomic mass is 10.1. The second-order valence-corrected chi connectivity index (χ2v) is 7.67. The van der Waals surface area contributed by atoms with Gasteiger partial charge < -0.3 is 14.6 Å². The highest BCUT2D eigenvalue weighted by Crippen LogP contribution is 2.26. The third-order valence-electron chi connectivity index (χ3n) is 4.44. The van der Waals surface area contributed by atoms with E-state index in [2.05, 4.69) is 19.5 Å². The molecule has 1 fully saturated rings. The number of benzene rings is 1. The molecule has 14 nitrogen and oxygen atoms in total. The van der Waals surface area contributed by atoms with Gasteiger partial charge in [0.25, 0.3) is 5.91 Å². The van der Waals surface area contributed by atoms with Crippen LogP contribution in [-0.2, 0) is 24.8 Å². The summed E-state index contributed by atoms with van der Waals surface area (Å²) in [7, 11) is -4.96. The molecule has 172 valence electrons. The van der Waals surface area contributed by atoms with Gasteiger partial charge in [-0.1, -0.05) is 11.2 Å². The molecule has 1 saturated heterocycles. The molecule has 1 aliphatic heterocycles. The number of likely N-dealkylation sites (tertiary alicyclic amines) is 1. The Kier molecular flexibility index (Phi) is 8.12. The van der Waals surface area contributed by atoms with Gasteiger partial charge in [-0.2, -0.15) is 8.42 Å². The number of imide groups is 1. The fraction of sp³-hybridized carbons (Fsp3) is 0.412. The molecule has 1 aliphatic rings. The molecule has 0 aliphatic carbocycles. The van der Waals surface area contributed by atoms with E-state index in [1.807, 2.05) is 0 Å². The van der Waals surface area contributed by atoms with Crippen molar-refractivity contribution in [3.63, 3.8) is 0 Å². The third-order valence-corrected chi connectivity index (χ3v) is 4.83. The minimum absolute atomic E-state index is 0.000657. The van der Waals surface area contributed by atoms with Gasteiger partial charge in [-0.25, -0.2) is 4.79 Å². The van der Waals surface area contributed by atoms with Crippen LogP contribution in [0.4, 0.5) is 5.69 Å². The number of carboxylic acids is 1. The summed E-state index contributed by atoms with van der Waals surface area (Å²) in [6.45, 7) is 0.0521. The van der Waals surface area contributed by atoms with E-state index in [1.165, 1.54) is 6.07 Å². The first-order valence-electron chi connectivity index (χ1n) is 9.25. The Labute approximate surface area is 181 Å². The van der Waals surface area contributed by atoms with Crippen LogP contribution in [-0.4, -0.2) is 59.3 Å². The van der Waals surface area contributed by atoms with Gasteiger partial charge in [0, 0.05) is 30.0 Å². The summed E-state index contributed by atoms with van der Waals surface area (Å²) in [4.78, 5) is 50.6. The van der Waals surface area contributed by atoms with Crippen LogP contribution in [0.15, 0.2) is 23.3 Å². The summed E-state index contributed by atoms with van der Waals surface area (Å²) in [6.07, 6.45) is 0.506. The molecular weight excluding hydrogens is 450 g/mol. The zero-order valence-electron chi connectivity index (χ0n) is 16.5. The van der Waals surface area contributed by atoms with Crippen molar-refractivity contribution in [2.75, 3.05) is 6.54 Å². The van der Waals surface area contributed by atoms with Crippen LogP contribution < -0.4 is 9.50 Å². The van der Waals surface area contributed by atoms with Crippen molar-refractivity contribution in [1.82, 2.24) is 10.2 Å². The molecule has 15 heteroatoms. The van der Waals surface area contributed by atoms with Gasteiger partial charge in [0.05, 0.1) is 5.56 Å². The Morgan fingerprint density at radius 3 is 2.47 bits per heavy atom. The van der Waals surface area contributed by atoms with Crippen molar-refractivity contribution < 1.29 is 41.4 Å². The van der Waals surface area contributed by atoms with E-state index in [-0.39, 0.29) is 49.9 Å². The van der Waals surface area contributed by atoms with Crippen molar-refractivity contribution in [3.05, 3.63) is 34.2 Å². The molecule has 1 heterocycles. The van der Waals surface area contributed by atoms with Crippen LogP contribution >= 0.6 is 0 Å². The largest absolute Gasteiger partial charge is 0.480 e. The molecule has 1 atom stereocenters. The molecule has 0 bridgehead atoms. The Morgan fingerprint density at radius 2 is 1.91 bits per heavy atom. The number of aliphatic carboxylic acids is 1. The average molecular weight is 469 g/mol. The molecule has 1 aromatic carbocycles. The summed E-state index contributed by atoms with van der Waals surface area (Å²) in [5.41, 5.74) is 8.12. The number of carboxylic acid groups (broad SMARTS) is 1. The molecule has 0 aromatic heterocycles. The number of rotatable bonds is 11. The number of nitrogens with one attached hydrogen (secondary N) is 1. The maximum Gasteiger partial charge on any atom is 0.446 e. The predicted octanol–water partition coefficient (Wildman–Crippen LogP) is 1.31. The Hall–Kier alpha value is -3.68. The molecule has 0 spiro atoms. The number of carbonyl (C=O) groups excluding carboxylic acids is 3. The van der Waals surface area contributed by atoms with Crippen molar-refractivity contribution in [1.29, 1.82) is 0 Å². The fourth-order valence-electron chi connectivity index (χ4n) is 3.06. The number of carbonyl (C=O) groups is 4. The van der Waals surface area contributed by atoms with Crippen LogP contribution in [0.3, 0.4) is 0 Å². The average Bonchev–Trinajstić information content (AvgIpc) is 3.01. The van der Waals surface area contributed by atoms with Crippen LogP contribution in [0.1, 0.15) is 42.5 Å². The van der Waals surface area contributed by atoms with E-state index in [0.717, 1.165) is 17.0 Å². The first-order valence-corrected chi connectivity index (χ1v) is 10.6. The van der Waals surface area contributed by atoms with E-state index in [1.54, 1.807) is 0 Å². The standard InChI is InChI=1S/C17H19N5O9S/c18-21-20-10-4-5-11(13(9-10)31-32(28,29)30)16(25)19-8-2-1-3-12(17(26)27)22-14(23)6-7-15(22)24/h4-5,9,12H,1-3,6-8H2,(H,19,25)(H,26,27)(H,28,29,30). The molecule has 2 rings (SSSR count). The highest BCUT2D eigenvalue weighted by atomic mass is 32.3. The normalized spacial score (nSPS) is 14.6. The Balaban J connectivity index is 1.96. The van der Waals surface area contributed by atoms with E-state index in [9.17, 15) is 32.7 Å². The fourth-order valence-corrected chi connectivity index (χ4v) is 3.42. The van der Waals surface area contributed by atoms with Crippen LogP contribution in [0, 0.1) is 0 Å². The van der Waals surface area contributed by atoms with Crippen molar-refractivity contribution in [3.8, 4) is 5.75 Å². The molecule has 1 aromatic rings. The second kappa shape index (κ2) is 10.6. The smallest absolute Gasteiger partial charge is 0.446 e. The summed E-state index contributed by atoms with van der Waals surface area (Å²) in [5, 5.41) is 15.0. The lowest BCUT2D eigenvalue weighted by Crippen LogP contribution is -2.44. The van der Waals surface area contributed by atoms with Gasteiger partial charge in [0.15, 0.2) is 5.75 Å². The van der Waals surface area contributed by atoms with Gasteiger partial charge in [0.2, 0.25) is 11.8 Å². The molecule has 0 radical (unpaired) electrons. The van der Waals surface area contributed by atoms with E-state index in [4.69, 9.17) is 10.1 Å². The number of hydrogen-bond donors (Lipinski definition) is 3. The van der Waals surface area contributed by atoms with Gasteiger partial charge in [-0.15, -0.1) is 0 Å². The second-order valence-electron chi connectivity index (χ2n) is 6.64. The Bertz CT molecular complexity index is 1070. The molecule has 32 heavy (non-hydrogen) atoms. The van der Waals surface area contributed by atoms with Gasteiger partial charge in [0.1, 0.15) is 6.04 Å². The SMILES string of the molecule is [N-]=[N+]=Nc1ccc(C(=O)NCCCCC(C(=O)O)N2C(=O)CCC2=O)c(OS(=O)(=O)O)c1. The zero-order valence-corrected chi connectivity index (χ0v) is 17.3. The van der Waals surface area contributed by atoms with Crippen molar-refractivity contribution >= 4 is 39.8 Å². The predicted molar refractivity (Wildman–Crippen MR) is 106 cm³/mol. The Morgan fingerprint density at radius 1 is 1.25 bits per heavy atom. The maximum absolute atomic E-state index is 12.4. The summed E-state index contributed by atoms with van der Waals surface area (Å²) in [5.74, 6) is -3.70. The monoisotopic (exact) mass is 469 g/mol. The summed E-state index contributed by atoms with van der Waals surface area (Å²) in [6, 6.07) is 2.03. The van der Waals surface area contributed by atoms with E-state index in [0.29, 0.717) is 0 Å². The highest BCUT2D eigenvalue weighted by Gasteiger charge is 2.38. The number of nitrogens with zero attached hydrogens (tertiary/aromatic N) is 4. The van der Waals surface area contributed by atoms with Gasteiger partial charge in [-0.3, -0.25) is 23.8 Å². The highest BCUT2D eigenvalue weighted by molar-refractivity contribution is 7.81. The minimum atomic E-state index is -4.96. The third kappa shape index (κ3) is 6.66. The number of amides is 3. The lowest BCUT2D eigenvalue weighted by molar-refractivity contribution is -0.154. The zero-order chi connectivity index (χ0) is 23.9.